The van der Waals surface area contributed by atoms with Crippen LogP contribution in [0.1, 0.15) is 12.8 Å². The molecule has 0 bridgehead atoms. The van der Waals surface area contributed by atoms with E-state index in [0.717, 1.165) is 0 Å². The quantitative estimate of drug-likeness (QED) is 0.880. The molecule has 0 aromatic heterocycles. The molecule has 0 radical (unpaired) electrons. The molecule has 26 heavy (non-hydrogen) atoms. The van der Waals surface area contributed by atoms with Crippen molar-refractivity contribution >= 4 is 23.3 Å². The third-order valence-electron chi connectivity index (χ3n) is 4.27. The van der Waals surface area contributed by atoms with Crippen molar-refractivity contribution in [1.82, 2.24) is 4.90 Å². The van der Waals surface area contributed by atoms with Crippen LogP contribution in [0.2, 0.25) is 0 Å². The number of likely N-dealkylation sites (tertiary alicyclic amines) is 1. The average Bonchev–Trinajstić information content (AvgIpc) is 3.14. The van der Waals surface area contributed by atoms with E-state index in [1.807, 2.05) is 0 Å². The summed E-state index contributed by atoms with van der Waals surface area (Å²) in [5.41, 5.74) is 0.687. The summed E-state index contributed by atoms with van der Waals surface area (Å²) in [6, 6.07) is 11.9. The summed E-state index contributed by atoms with van der Waals surface area (Å²) in [7, 11) is 1.55. The fraction of sp³-hybridized carbons (Fsp3) is 0.263. The lowest BCUT2D eigenvalue weighted by atomic mass is 10.2. The van der Waals surface area contributed by atoms with Gasteiger partial charge in [0.2, 0.25) is 5.91 Å². The molecule has 1 heterocycles. The Labute approximate surface area is 150 Å². The highest BCUT2D eigenvalue weighted by Gasteiger charge is 2.34. The molecule has 0 spiro atoms. The molecule has 1 atom stereocenters. The van der Waals surface area contributed by atoms with Gasteiger partial charge in [0.25, 0.3) is 0 Å². The number of halogens is 1. The molecule has 2 aromatic rings. The fourth-order valence-corrected chi connectivity index (χ4v) is 2.96. The SMILES string of the molecule is COc1cccc(NC(=O)N2CCCC2C(=O)Nc2ccccc2F)c1. The topological polar surface area (TPSA) is 70.7 Å². The number of nitrogens with one attached hydrogen (secondary N) is 2. The van der Waals surface area contributed by atoms with Crippen LogP contribution in [0.25, 0.3) is 0 Å². The molecule has 1 saturated heterocycles. The number of methoxy groups -OCH3 is 1. The second-order valence-corrected chi connectivity index (χ2v) is 5.98. The number of para-hydroxylation sites is 1. The van der Waals surface area contributed by atoms with Gasteiger partial charge in [-0.2, -0.15) is 0 Å². The number of hydrogen-bond acceptors (Lipinski definition) is 3. The summed E-state index contributed by atoms with van der Waals surface area (Å²) in [4.78, 5) is 26.6. The highest BCUT2D eigenvalue weighted by molar-refractivity contribution is 5.99. The number of amides is 3. The Morgan fingerprint density at radius 3 is 2.73 bits per heavy atom. The number of carbonyl (C=O) groups is 2. The van der Waals surface area contributed by atoms with E-state index in [9.17, 15) is 14.0 Å². The first-order chi connectivity index (χ1) is 12.6. The van der Waals surface area contributed by atoms with Crippen LogP contribution in [-0.4, -0.2) is 36.5 Å². The minimum Gasteiger partial charge on any atom is -0.497 e. The highest BCUT2D eigenvalue weighted by Crippen LogP contribution is 2.23. The first kappa shape index (κ1) is 17.7. The number of rotatable bonds is 4. The lowest BCUT2D eigenvalue weighted by Crippen LogP contribution is -2.45. The Hall–Kier alpha value is -3.09. The molecule has 136 valence electrons. The number of nitrogens with zero attached hydrogens (tertiary/aromatic N) is 1. The number of carbonyl (C=O) groups excluding carboxylic acids is 2. The van der Waals surface area contributed by atoms with Crippen LogP contribution in [0.5, 0.6) is 5.75 Å². The fourth-order valence-electron chi connectivity index (χ4n) is 2.96. The van der Waals surface area contributed by atoms with Gasteiger partial charge in [0.15, 0.2) is 0 Å². The van der Waals surface area contributed by atoms with Gasteiger partial charge < -0.3 is 20.3 Å². The van der Waals surface area contributed by atoms with Crippen molar-refractivity contribution in [2.24, 2.45) is 0 Å². The molecular weight excluding hydrogens is 337 g/mol. The number of urea groups is 1. The maximum absolute atomic E-state index is 13.7. The zero-order valence-electron chi connectivity index (χ0n) is 14.4. The molecule has 2 N–H and O–H groups in total. The first-order valence-electron chi connectivity index (χ1n) is 8.35. The van der Waals surface area contributed by atoms with E-state index in [0.29, 0.717) is 30.8 Å². The maximum Gasteiger partial charge on any atom is 0.322 e. The van der Waals surface area contributed by atoms with Crippen molar-refractivity contribution < 1.29 is 18.7 Å². The molecule has 0 saturated carbocycles. The van der Waals surface area contributed by atoms with Crippen molar-refractivity contribution in [1.29, 1.82) is 0 Å². The van der Waals surface area contributed by atoms with Crippen LogP contribution in [0.4, 0.5) is 20.6 Å². The van der Waals surface area contributed by atoms with E-state index in [1.165, 1.54) is 17.0 Å². The molecule has 3 rings (SSSR count). The smallest absolute Gasteiger partial charge is 0.322 e. The normalized spacial score (nSPS) is 16.2. The van der Waals surface area contributed by atoms with Crippen molar-refractivity contribution in [2.75, 3.05) is 24.3 Å². The zero-order valence-corrected chi connectivity index (χ0v) is 14.4. The molecular formula is C19H20FN3O3. The molecule has 1 aliphatic heterocycles. The van der Waals surface area contributed by atoms with E-state index >= 15 is 0 Å². The van der Waals surface area contributed by atoms with Crippen molar-refractivity contribution in [3.05, 3.63) is 54.3 Å². The van der Waals surface area contributed by atoms with Crippen LogP contribution in [0, 0.1) is 5.82 Å². The molecule has 1 aliphatic rings. The predicted molar refractivity (Wildman–Crippen MR) is 96.8 cm³/mol. The highest BCUT2D eigenvalue weighted by atomic mass is 19.1. The van der Waals surface area contributed by atoms with Crippen molar-refractivity contribution in [2.45, 2.75) is 18.9 Å². The Bertz CT molecular complexity index is 812. The van der Waals surface area contributed by atoms with Gasteiger partial charge in [0.05, 0.1) is 12.8 Å². The molecule has 1 fully saturated rings. The van der Waals surface area contributed by atoms with Gasteiger partial charge in [-0.25, -0.2) is 9.18 Å². The van der Waals surface area contributed by atoms with Gasteiger partial charge in [0, 0.05) is 18.3 Å². The third kappa shape index (κ3) is 3.93. The van der Waals surface area contributed by atoms with E-state index in [-0.39, 0.29) is 11.7 Å². The molecule has 7 heteroatoms. The summed E-state index contributed by atoms with van der Waals surface area (Å²) < 4.78 is 18.9. The molecule has 3 amide bonds. The van der Waals surface area contributed by atoms with Crippen LogP contribution < -0.4 is 15.4 Å². The summed E-state index contributed by atoms with van der Waals surface area (Å²) in [5, 5.41) is 5.34. The van der Waals surface area contributed by atoms with Gasteiger partial charge in [-0.1, -0.05) is 18.2 Å². The number of anilines is 2. The Morgan fingerprint density at radius 2 is 1.96 bits per heavy atom. The molecule has 0 aliphatic carbocycles. The Balaban J connectivity index is 1.68. The second-order valence-electron chi connectivity index (χ2n) is 5.98. The second kappa shape index (κ2) is 7.86. The third-order valence-corrected chi connectivity index (χ3v) is 4.27. The van der Waals surface area contributed by atoms with E-state index in [1.54, 1.807) is 43.5 Å². The number of hydrogen-bond donors (Lipinski definition) is 2. The average molecular weight is 357 g/mol. The van der Waals surface area contributed by atoms with Crippen molar-refractivity contribution in [3.63, 3.8) is 0 Å². The lowest BCUT2D eigenvalue weighted by molar-refractivity contribution is -0.119. The van der Waals surface area contributed by atoms with Crippen LogP contribution in [0.3, 0.4) is 0 Å². The van der Waals surface area contributed by atoms with Crippen molar-refractivity contribution in [3.8, 4) is 5.75 Å². The van der Waals surface area contributed by atoms with E-state index < -0.39 is 17.8 Å². The van der Waals surface area contributed by atoms with Gasteiger partial charge in [0.1, 0.15) is 17.6 Å². The summed E-state index contributed by atoms with van der Waals surface area (Å²) in [5.74, 6) is -0.280. The lowest BCUT2D eigenvalue weighted by Gasteiger charge is -2.24. The summed E-state index contributed by atoms with van der Waals surface area (Å²) in [6.07, 6.45) is 1.24. The van der Waals surface area contributed by atoms with E-state index in [2.05, 4.69) is 10.6 Å². The summed E-state index contributed by atoms with van der Waals surface area (Å²) >= 11 is 0. The minimum atomic E-state index is -0.639. The Kier molecular flexibility index (Phi) is 5.36. The Morgan fingerprint density at radius 1 is 1.15 bits per heavy atom. The minimum absolute atomic E-state index is 0.109. The number of benzene rings is 2. The standard InChI is InChI=1S/C19H20FN3O3/c1-26-14-7-4-6-13(12-14)21-19(25)23-11-5-10-17(23)18(24)22-16-9-3-2-8-15(16)20/h2-4,6-9,12,17H,5,10-11H2,1H3,(H,21,25)(H,22,24). The monoisotopic (exact) mass is 357 g/mol. The number of ether oxygens (including phenoxy) is 1. The van der Waals surface area contributed by atoms with Crippen LogP contribution >= 0.6 is 0 Å². The van der Waals surface area contributed by atoms with Gasteiger partial charge in [-0.15, -0.1) is 0 Å². The van der Waals surface area contributed by atoms with E-state index in [4.69, 9.17) is 4.74 Å². The zero-order chi connectivity index (χ0) is 18.5. The molecule has 6 nitrogen and oxygen atoms in total. The predicted octanol–water partition coefficient (Wildman–Crippen LogP) is 3.47. The molecule has 2 aromatic carbocycles. The summed E-state index contributed by atoms with van der Waals surface area (Å²) in [6.45, 7) is 0.463. The van der Waals surface area contributed by atoms with Crippen LogP contribution in [0.15, 0.2) is 48.5 Å². The van der Waals surface area contributed by atoms with Gasteiger partial charge in [-0.05, 0) is 37.1 Å². The van der Waals surface area contributed by atoms with Gasteiger partial charge in [-0.3, -0.25) is 4.79 Å². The largest absolute Gasteiger partial charge is 0.497 e. The molecule has 1 unspecified atom stereocenters. The van der Waals surface area contributed by atoms with Gasteiger partial charge >= 0.3 is 6.03 Å². The first-order valence-corrected chi connectivity index (χ1v) is 8.35. The van der Waals surface area contributed by atoms with Crippen LogP contribution in [-0.2, 0) is 4.79 Å². The maximum atomic E-state index is 13.7.